The van der Waals surface area contributed by atoms with Crippen LogP contribution in [0.25, 0.3) is 0 Å². The largest absolute Gasteiger partial charge is 0.388 e. The standard InChI is InChI=1S/C7H9N3O3S/c11-5-1-10(2-6(5)12)7(13)4-3-14-9-8-4/h3,5-6,11-12H,1-2H2/t5-,6+. The van der Waals surface area contributed by atoms with E-state index >= 15 is 0 Å². The summed E-state index contributed by atoms with van der Waals surface area (Å²) in [6.45, 7) is 0.301. The predicted molar refractivity (Wildman–Crippen MR) is 47.8 cm³/mol. The van der Waals surface area contributed by atoms with E-state index in [-0.39, 0.29) is 24.7 Å². The van der Waals surface area contributed by atoms with Gasteiger partial charge in [0.1, 0.15) is 0 Å². The lowest BCUT2D eigenvalue weighted by molar-refractivity contribution is 0.0572. The van der Waals surface area contributed by atoms with Crippen LogP contribution in [-0.2, 0) is 0 Å². The molecule has 0 bridgehead atoms. The Morgan fingerprint density at radius 1 is 1.50 bits per heavy atom. The minimum Gasteiger partial charge on any atom is -0.388 e. The monoisotopic (exact) mass is 215 g/mol. The molecule has 0 aromatic carbocycles. The Bertz CT molecular complexity index is 319. The number of aliphatic hydroxyl groups is 2. The SMILES string of the molecule is O=C(c1csnn1)N1C[C@@H](O)[C@@H](O)C1. The molecule has 1 saturated heterocycles. The number of nitrogens with zero attached hydrogens (tertiary/aromatic N) is 3. The zero-order valence-corrected chi connectivity index (χ0v) is 8.02. The van der Waals surface area contributed by atoms with Crippen LogP contribution in [0.2, 0.25) is 0 Å². The van der Waals surface area contributed by atoms with Crippen molar-refractivity contribution in [1.29, 1.82) is 0 Å². The highest BCUT2D eigenvalue weighted by molar-refractivity contribution is 7.03. The third-order valence-electron chi connectivity index (χ3n) is 2.13. The van der Waals surface area contributed by atoms with Crippen LogP contribution in [0.1, 0.15) is 10.5 Å². The molecule has 1 aliphatic heterocycles. The molecule has 1 aromatic heterocycles. The molecule has 2 atom stereocenters. The number of amides is 1. The number of carbonyl (C=O) groups excluding carboxylic acids is 1. The summed E-state index contributed by atoms with van der Waals surface area (Å²) in [4.78, 5) is 13.0. The van der Waals surface area contributed by atoms with E-state index in [9.17, 15) is 15.0 Å². The molecular weight excluding hydrogens is 206 g/mol. The molecule has 76 valence electrons. The average molecular weight is 215 g/mol. The van der Waals surface area contributed by atoms with Gasteiger partial charge < -0.3 is 15.1 Å². The molecule has 0 aliphatic carbocycles. The summed E-state index contributed by atoms with van der Waals surface area (Å²) in [7, 11) is 0. The van der Waals surface area contributed by atoms with Crippen LogP contribution < -0.4 is 0 Å². The third kappa shape index (κ3) is 1.61. The number of hydrogen-bond donors (Lipinski definition) is 2. The molecule has 1 amide bonds. The maximum absolute atomic E-state index is 11.6. The van der Waals surface area contributed by atoms with E-state index in [2.05, 4.69) is 9.59 Å². The first-order valence-electron chi connectivity index (χ1n) is 4.11. The number of aromatic nitrogens is 2. The second-order valence-corrected chi connectivity index (χ2v) is 3.74. The van der Waals surface area contributed by atoms with E-state index in [1.54, 1.807) is 5.38 Å². The third-order valence-corrected chi connectivity index (χ3v) is 2.63. The highest BCUT2D eigenvalue weighted by atomic mass is 32.1. The van der Waals surface area contributed by atoms with Crippen molar-refractivity contribution in [3.8, 4) is 0 Å². The highest BCUT2D eigenvalue weighted by Crippen LogP contribution is 2.13. The fourth-order valence-corrected chi connectivity index (χ4v) is 1.79. The van der Waals surface area contributed by atoms with E-state index in [0.29, 0.717) is 0 Å². The van der Waals surface area contributed by atoms with Crippen LogP contribution in [0.5, 0.6) is 0 Å². The molecule has 6 nitrogen and oxygen atoms in total. The topological polar surface area (TPSA) is 86.6 Å². The van der Waals surface area contributed by atoms with Crippen molar-refractivity contribution < 1.29 is 15.0 Å². The number of hydrogen-bond acceptors (Lipinski definition) is 6. The van der Waals surface area contributed by atoms with E-state index < -0.39 is 12.2 Å². The molecule has 14 heavy (non-hydrogen) atoms. The van der Waals surface area contributed by atoms with Crippen LogP contribution in [-0.4, -0.2) is 55.9 Å². The Labute approximate surface area is 83.9 Å². The summed E-state index contributed by atoms with van der Waals surface area (Å²) in [5, 5.41) is 23.6. The van der Waals surface area contributed by atoms with Crippen LogP contribution in [0.15, 0.2) is 5.38 Å². The predicted octanol–water partition coefficient (Wildman–Crippen LogP) is -1.28. The summed E-state index contributed by atoms with van der Waals surface area (Å²) >= 11 is 1.09. The molecule has 0 radical (unpaired) electrons. The second kappa shape index (κ2) is 3.60. The molecule has 1 aliphatic rings. The Kier molecular flexibility index (Phi) is 2.44. The van der Waals surface area contributed by atoms with Gasteiger partial charge in [-0.25, -0.2) is 0 Å². The van der Waals surface area contributed by atoms with Crippen LogP contribution in [0, 0.1) is 0 Å². The van der Waals surface area contributed by atoms with Crippen LogP contribution >= 0.6 is 11.5 Å². The van der Waals surface area contributed by atoms with Crippen molar-refractivity contribution >= 4 is 17.4 Å². The lowest BCUT2D eigenvalue weighted by atomic mass is 10.3. The van der Waals surface area contributed by atoms with Gasteiger partial charge in [0.15, 0.2) is 5.69 Å². The Morgan fingerprint density at radius 3 is 2.64 bits per heavy atom. The van der Waals surface area contributed by atoms with Gasteiger partial charge in [-0.2, -0.15) is 0 Å². The fourth-order valence-electron chi connectivity index (χ4n) is 1.36. The number of β-amino-alcohol motifs (C(OH)–C–C–N with tert-alkyl or cyclic N) is 2. The molecule has 7 heteroatoms. The molecule has 1 fully saturated rings. The minimum absolute atomic E-state index is 0.150. The van der Waals surface area contributed by atoms with Crippen molar-refractivity contribution in [2.24, 2.45) is 0 Å². The zero-order chi connectivity index (χ0) is 10.1. The first-order chi connectivity index (χ1) is 6.68. The van der Waals surface area contributed by atoms with E-state index in [4.69, 9.17) is 0 Å². The summed E-state index contributed by atoms with van der Waals surface area (Å²) in [5.74, 6) is -0.297. The first kappa shape index (κ1) is 9.50. The summed E-state index contributed by atoms with van der Waals surface area (Å²) in [6.07, 6.45) is -1.71. The zero-order valence-electron chi connectivity index (χ0n) is 7.20. The molecule has 2 heterocycles. The molecule has 0 saturated carbocycles. The smallest absolute Gasteiger partial charge is 0.275 e. The van der Waals surface area contributed by atoms with Gasteiger partial charge in [0.25, 0.3) is 5.91 Å². The van der Waals surface area contributed by atoms with Crippen molar-refractivity contribution in [2.45, 2.75) is 12.2 Å². The highest BCUT2D eigenvalue weighted by Gasteiger charge is 2.33. The second-order valence-electron chi connectivity index (χ2n) is 3.13. The lowest BCUT2D eigenvalue weighted by Crippen LogP contribution is -2.30. The molecule has 0 spiro atoms. The van der Waals surface area contributed by atoms with E-state index in [1.165, 1.54) is 4.90 Å². The van der Waals surface area contributed by atoms with Gasteiger partial charge in [-0.05, 0) is 11.5 Å². The quantitative estimate of drug-likeness (QED) is 0.609. The Hall–Kier alpha value is -1.05. The van der Waals surface area contributed by atoms with Gasteiger partial charge in [0.2, 0.25) is 0 Å². The molecule has 1 aromatic rings. The van der Waals surface area contributed by atoms with Crippen LogP contribution in [0.4, 0.5) is 0 Å². The first-order valence-corrected chi connectivity index (χ1v) is 4.94. The molecule has 2 N–H and O–H groups in total. The maximum Gasteiger partial charge on any atom is 0.275 e. The number of aliphatic hydroxyl groups excluding tert-OH is 2. The maximum atomic E-state index is 11.6. The number of carbonyl (C=O) groups is 1. The summed E-state index contributed by atoms with van der Waals surface area (Å²) < 4.78 is 3.57. The Balaban J connectivity index is 2.07. The van der Waals surface area contributed by atoms with Crippen molar-refractivity contribution in [3.63, 3.8) is 0 Å². The van der Waals surface area contributed by atoms with Gasteiger partial charge in [-0.1, -0.05) is 4.49 Å². The molecule has 0 unspecified atom stereocenters. The van der Waals surface area contributed by atoms with Crippen molar-refractivity contribution in [2.75, 3.05) is 13.1 Å². The van der Waals surface area contributed by atoms with Gasteiger partial charge in [0, 0.05) is 18.5 Å². The van der Waals surface area contributed by atoms with Crippen molar-refractivity contribution in [3.05, 3.63) is 11.1 Å². The number of likely N-dealkylation sites (tertiary alicyclic amines) is 1. The average Bonchev–Trinajstić information content (AvgIpc) is 2.76. The minimum atomic E-state index is -0.856. The summed E-state index contributed by atoms with van der Waals surface area (Å²) in [6, 6.07) is 0. The normalized spacial score (nSPS) is 26.9. The van der Waals surface area contributed by atoms with E-state index in [0.717, 1.165) is 11.5 Å². The van der Waals surface area contributed by atoms with Crippen LogP contribution in [0.3, 0.4) is 0 Å². The van der Waals surface area contributed by atoms with E-state index in [1.807, 2.05) is 0 Å². The van der Waals surface area contributed by atoms with Gasteiger partial charge >= 0.3 is 0 Å². The molecule has 2 rings (SSSR count). The van der Waals surface area contributed by atoms with Gasteiger partial charge in [0.05, 0.1) is 12.2 Å². The summed E-state index contributed by atoms with van der Waals surface area (Å²) in [5.41, 5.74) is 0.260. The van der Waals surface area contributed by atoms with Gasteiger partial charge in [-0.3, -0.25) is 4.79 Å². The lowest BCUT2D eigenvalue weighted by Gasteiger charge is -2.12. The Morgan fingerprint density at radius 2 is 2.14 bits per heavy atom. The van der Waals surface area contributed by atoms with Gasteiger partial charge in [-0.15, -0.1) is 5.10 Å². The fraction of sp³-hybridized carbons (Fsp3) is 0.571. The molecular formula is C7H9N3O3S. The number of rotatable bonds is 1. The van der Waals surface area contributed by atoms with Crippen molar-refractivity contribution in [1.82, 2.24) is 14.5 Å².